The van der Waals surface area contributed by atoms with E-state index >= 15 is 0 Å². The van der Waals surface area contributed by atoms with Gasteiger partial charge in [-0.2, -0.15) is 0 Å². The minimum atomic E-state index is -6.00. The van der Waals surface area contributed by atoms with E-state index in [1.54, 1.807) is 0 Å². The average molecular weight is 504 g/mol. The van der Waals surface area contributed by atoms with E-state index in [1.807, 2.05) is 0 Å². The summed E-state index contributed by atoms with van der Waals surface area (Å²) in [6.45, 7) is 7.12. The summed E-state index contributed by atoms with van der Waals surface area (Å²) in [6.07, 6.45) is 4.01. The molecule has 35 heavy (non-hydrogen) atoms. The lowest BCUT2D eigenvalue weighted by molar-refractivity contribution is 0.0556. The van der Waals surface area contributed by atoms with Gasteiger partial charge in [0.15, 0.2) is 0 Å². The SMILES string of the molecule is CC(C)[C@@H]1CC[C@@H](C)C[C@H]1O[P+](c1ccccc1)(c1ccccc1)c1ccccc1.F[B-](F)(F)F. The largest absolute Gasteiger partial charge is 0.673 e. The van der Waals surface area contributed by atoms with Gasteiger partial charge in [-0.3, -0.25) is 0 Å². The van der Waals surface area contributed by atoms with Gasteiger partial charge >= 0.3 is 7.25 Å². The summed E-state index contributed by atoms with van der Waals surface area (Å²) >= 11 is 0. The fourth-order valence-electron chi connectivity index (χ4n) is 4.98. The van der Waals surface area contributed by atoms with E-state index in [-0.39, 0.29) is 6.10 Å². The van der Waals surface area contributed by atoms with Crippen LogP contribution in [0.15, 0.2) is 91.0 Å². The van der Waals surface area contributed by atoms with Gasteiger partial charge in [-0.25, -0.2) is 4.52 Å². The van der Waals surface area contributed by atoms with Gasteiger partial charge in [-0.15, -0.1) is 0 Å². The normalized spacial score (nSPS) is 20.7. The second-order valence-electron chi connectivity index (χ2n) is 9.58. The molecule has 3 aromatic rings. The van der Waals surface area contributed by atoms with Gasteiger partial charge in [0.1, 0.15) is 22.0 Å². The zero-order valence-electron chi connectivity index (χ0n) is 20.5. The zero-order chi connectivity index (χ0) is 25.5. The third kappa shape index (κ3) is 7.41. The van der Waals surface area contributed by atoms with E-state index in [9.17, 15) is 17.3 Å². The highest BCUT2D eigenvalue weighted by Gasteiger charge is 2.51. The number of hydrogen-bond donors (Lipinski definition) is 0. The summed E-state index contributed by atoms with van der Waals surface area (Å²) in [4.78, 5) is 0. The Morgan fingerprint density at radius 2 is 1.09 bits per heavy atom. The topological polar surface area (TPSA) is 9.23 Å². The number of benzene rings is 3. The molecule has 0 aliphatic heterocycles. The van der Waals surface area contributed by atoms with Crippen molar-refractivity contribution in [3.8, 4) is 0 Å². The zero-order valence-corrected chi connectivity index (χ0v) is 21.4. The second kappa shape index (κ2) is 12.2. The van der Waals surface area contributed by atoms with Crippen molar-refractivity contribution in [1.29, 1.82) is 0 Å². The Kier molecular flexibility index (Phi) is 9.55. The molecule has 0 unspecified atom stereocenters. The van der Waals surface area contributed by atoms with Crippen LogP contribution in [0.4, 0.5) is 17.3 Å². The van der Waals surface area contributed by atoms with E-state index < -0.39 is 14.7 Å². The van der Waals surface area contributed by atoms with Crippen LogP contribution in [-0.4, -0.2) is 13.4 Å². The second-order valence-corrected chi connectivity index (χ2v) is 12.6. The van der Waals surface area contributed by atoms with Crippen LogP contribution in [0.5, 0.6) is 0 Å². The maximum absolute atomic E-state index is 9.75. The highest BCUT2D eigenvalue weighted by molar-refractivity contribution is 7.91. The first-order valence-electron chi connectivity index (χ1n) is 12.2. The summed E-state index contributed by atoms with van der Waals surface area (Å²) in [7, 11) is -8.23. The summed E-state index contributed by atoms with van der Waals surface area (Å²) < 4.78 is 46.5. The predicted octanol–water partition coefficient (Wildman–Crippen LogP) is 7.67. The van der Waals surface area contributed by atoms with Crippen LogP contribution < -0.4 is 15.9 Å². The molecule has 3 atom stereocenters. The Balaban J connectivity index is 0.000000623. The Bertz CT molecular complexity index is 913. The number of rotatable bonds is 6. The van der Waals surface area contributed by atoms with Gasteiger partial charge in [-0.05, 0) is 67.0 Å². The molecule has 0 spiro atoms. The lowest BCUT2D eigenvalue weighted by Crippen LogP contribution is -2.41. The maximum atomic E-state index is 9.75. The van der Waals surface area contributed by atoms with Gasteiger partial charge in [0.2, 0.25) is 7.49 Å². The van der Waals surface area contributed by atoms with Gasteiger partial charge in [0, 0.05) is 0 Å². The molecule has 1 aliphatic carbocycles. The van der Waals surface area contributed by atoms with Crippen LogP contribution in [0.2, 0.25) is 0 Å². The van der Waals surface area contributed by atoms with Crippen LogP contribution in [0.3, 0.4) is 0 Å². The summed E-state index contributed by atoms with van der Waals surface area (Å²) in [6, 6.07) is 32.9. The highest BCUT2D eigenvalue weighted by Crippen LogP contribution is 2.59. The minimum absolute atomic E-state index is 0.280. The van der Waals surface area contributed by atoms with E-state index in [4.69, 9.17) is 4.52 Å². The highest BCUT2D eigenvalue weighted by atomic mass is 31.2. The monoisotopic (exact) mass is 504 g/mol. The van der Waals surface area contributed by atoms with Crippen LogP contribution >= 0.6 is 7.49 Å². The first kappa shape index (κ1) is 27.4. The van der Waals surface area contributed by atoms with Gasteiger partial charge in [0.05, 0.1) is 0 Å². The average Bonchev–Trinajstić information content (AvgIpc) is 2.83. The quantitative estimate of drug-likeness (QED) is 0.190. The summed E-state index contributed by atoms with van der Waals surface area (Å²) in [5.74, 6) is 1.96. The molecule has 1 saturated carbocycles. The molecule has 3 aromatic carbocycles. The number of halogens is 4. The Morgan fingerprint density at radius 3 is 1.43 bits per heavy atom. The molecule has 188 valence electrons. The van der Waals surface area contributed by atoms with Crippen molar-refractivity contribution >= 4 is 30.7 Å². The van der Waals surface area contributed by atoms with Crippen molar-refractivity contribution in [3.63, 3.8) is 0 Å². The van der Waals surface area contributed by atoms with Crippen molar-refractivity contribution in [1.82, 2.24) is 0 Å². The molecule has 0 bridgehead atoms. The first-order valence-corrected chi connectivity index (χ1v) is 13.9. The van der Waals surface area contributed by atoms with Gasteiger partial charge < -0.3 is 17.3 Å². The van der Waals surface area contributed by atoms with Crippen molar-refractivity contribution in [2.75, 3.05) is 0 Å². The van der Waals surface area contributed by atoms with Gasteiger partial charge in [0.25, 0.3) is 0 Å². The molecule has 0 amide bonds. The molecule has 4 rings (SSSR count). The Labute approximate surface area is 207 Å². The first-order chi connectivity index (χ1) is 16.6. The maximum Gasteiger partial charge on any atom is 0.673 e. The fourth-order valence-corrected chi connectivity index (χ4v) is 8.67. The molecule has 1 fully saturated rings. The standard InChI is InChI=1S/C28H34OP.BF4/c1-22(2)27-20-19-23(3)21-28(27)29-30(24-13-7-4-8-14-24,25-15-9-5-10-16-25)26-17-11-6-12-18-26;2-1(3,4)5/h4-18,22-23,27-28H,19-21H2,1-3H3;/q+1;-1/t23-,27+,28-;/m1./s1. The molecule has 0 aromatic heterocycles. The van der Waals surface area contributed by atoms with E-state index in [0.29, 0.717) is 17.8 Å². The summed E-state index contributed by atoms with van der Waals surface area (Å²) in [5, 5.41) is 3.93. The molecular weight excluding hydrogens is 470 g/mol. The van der Waals surface area contributed by atoms with Crippen molar-refractivity contribution in [2.24, 2.45) is 17.8 Å². The van der Waals surface area contributed by atoms with Crippen molar-refractivity contribution in [2.45, 2.75) is 46.1 Å². The molecule has 0 heterocycles. The van der Waals surface area contributed by atoms with Crippen LogP contribution in [0.1, 0.15) is 40.0 Å². The van der Waals surface area contributed by atoms with E-state index in [1.165, 1.54) is 28.8 Å². The molecular formula is C28H34BF4OP. The molecule has 1 nitrogen and oxygen atoms in total. The van der Waals surface area contributed by atoms with Crippen LogP contribution in [0, 0.1) is 17.8 Å². The molecule has 0 radical (unpaired) electrons. The summed E-state index contributed by atoms with van der Waals surface area (Å²) in [5.41, 5.74) is 0. The van der Waals surface area contributed by atoms with E-state index in [2.05, 4.69) is 112 Å². The third-order valence-electron chi connectivity index (χ3n) is 6.61. The van der Waals surface area contributed by atoms with Crippen molar-refractivity contribution in [3.05, 3.63) is 91.0 Å². The molecule has 1 aliphatic rings. The lowest BCUT2D eigenvalue weighted by atomic mass is 9.75. The van der Waals surface area contributed by atoms with Crippen molar-refractivity contribution < 1.29 is 21.8 Å². The van der Waals surface area contributed by atoms with Crippen LogP contribution in [-0.2, 0) is 4.52 Å². The minimum Gasteiger partial charge on any atom is -0.418 e. The van der Waals surface area contributed by atoms with E-state index in [0.717, 1.165) is 6.42 Å². The molecule has 7 heteroatoms. The predicted molar refractivity (Wildman–Crippen MR) is 142 cm³/mol. The lowest BCUT2D eigenvalue weighted by Gasteiger charge is -2.39. The molecule has 0 saturated heterocycles. The Morgan fingerprint density at radius 1 is 0.714 bits per heavy atom. The van der Waals surface area contributed by atoms with Crippen LogP contribution in [0.25, 0.3) is 0 Å². The third-order valence-corrected chi connectivity index (χ3v) is 10.3. The Hall–Kier alpha value is -2.17. The molecule has 0 N–H and O–H groups in total. The van der Waals surface area contributed by atoms with Gasteiger partial charge in [-0.1, -0.05) is 81.8 Å². The number of hydrogen-bond acceptors (Lipinski definition) is 1. The fraction of sp³-hybridized carbons (Fsp3) is 0.357. The smallest absolute Gasteiger partial charge is 0.418 e.